The first-order valence-corrected chi connectivity index (χ1v) is 8.03. The van der Waals surface area contributed by atoms with Crippen molar-refractivity contribution < 1.29 is 0 Å². The fraction of sp³-hybridized carbons (Fsp3) is 1.00. The van der Waals surface area contributed by atoms with Crippen molar-refractivity contribution in [3.8, 4) is 0 Å². The zero-order valence-electron chi connectivity index (χ0n) is 11.9. The summed E-state index contributed by atoms with van der Waals surface area (Å²) in [7, 11) is 0. The maximum atomic E-state index is 3.67. The molecule has 3 rings (SSSR count). The molecule has 104 valence electrons. The molecule has 0 saturated carbocycles. The Kier molecular flexibility index (Phi) is 4.22. The molecule has 3 unspecified atom stereocenters. The molecule has 0 aromatic carbocycles. The van der Waals surface area contributed by atoms with Crippen molar-refractivity contribution >= 4 is 0 Å². The van der Waals surface area contributed by atoms with Crippen molar-refractivity contribution in [2.75, 3.05) is 39.3 Å². The molecule has 0 aromatic heterocycles. The molecule has 3 aliphatic rings. The summed E-state index contributed by atoms with van der Waals surface area (Å²) < 4.78 is 0. The molecule has 3 saturated heterocycles. The van der Waals surface area contributed by atoms with Gasteiger partial charge >= 0.3 is 0 Å². The van der Waals surface area contributed by atoms with Gasteiger partial charge in [0, 0.05) is 25.2 Å². The highest BCUT2D eigenvalue weighted by molar-refractivity contribution is 4.89. The molecule has 3 atom stereocenters. The zero-order chi connectivity index (χ0) is 12.4. The van der Waals surface area contributed by atoms with Crippen LogP contribution >= 0.6 is 0 Å². The molecule has 0 aromatic rings. The van der Waals surface area contributed by atoms with E-state index in [1.807, 2.05) is 0 Å². The topological polar surface area (TPSA) is 18.5 Å². The number of nitrogens with one attached hydrogen (secondary N) is 1. The predicted molar refractivity (Wildman–Crippen MR) is 75.8 cm³/mol. The lowest BCUT2D eigenvalue weighted by Crippen LogP contribution is -2.43. The maximum Gasteiger partial charge on any atom is 0.0235 e. The number of piperidine rings is 1. The largest absolute Gasteiger partial charge is 0.312 e. The van der Waals surface area contributed by atoms with Gasteiger partial charge in [0.1, 0.15) is 0 Å². The minimum Gasteiger partial charge on any atom is -0.312 e. The molecule has 0 bridgehead atoms. The zero-order valence-corrected chi connectivity index (χ0v) is 11.9. The third kappa shape index (κ3) is 2.89. The van der Waals surface area contributed by atoms with Crippen LogP contribution in [-0.2, 0) is 0 Å². The van der Waals surface area contributed by atoms with Crippen LogP contribution in [0.3, 0.4) is 0 Å². The van der Waals surface area contributed by atoms with Gasteiger partial charge in [0.25, 0.3) is 0 Å². The molecule has 3 heterocycles. The van der Waals surface area contributed by atoms with Gasteiger partial charge in [0.2, 0.25) is 0 Å². The summed E-state index contributed by atoms with van der Waals surface area (Å²) >= 11 is 0. The van der Waals surface area contributed by atoms with Gasteiger partial charge in [-0.25, -0.2) is 0 Å². The van der Waals surface area contributed by atoms with Gasteiger partial charge in [0.15, 0.2) is 0 Å². The van der Waals surface area contributed by atoms with Gasteiger partial charge in [0.05, 0.1) is 0 Å². The van der Waals surface area contributed by atoms with Crippen LogP contribution in [0.5, 0.6) is 0 Å². The second kappa shape index (κ2) is 5.89. The van der Waals surface area contributed by atoms with Crippen LogP contribution in [0.4, 0.5) is 0 Å². The molecule has 0 radical (unpaired) electrons. The Labute approximate surface area is 112 Å². The van der Waals surface area contributed by atoms with Crippen molar-refractivity contribution in [2.24, 2.45) is 5.92 Å². The van der Waals surface area contributed by atoms with Crippen molar-refractivity contribution in [3.05, 3.63) is 0 Å². The average molecular weight is 251 g/mol. The summed E-state index contributed by atoms with van der Waals surface area (Å²) in [6, 6.07) is 1.62. The molecular formula is C15H29N3. The standard InChI is InChI=1S/C15H29N3/c1-13-5-7-16-15(13)12-17-10-6-14(11-17)18-8-3-2-4-9-18/h13-16H,2-12H2,1H3. The Balaban J connectivity index is 1.46. The van der Waals surface area contributed by atoms with Gasteiger partial charge in [-0.05, 0) is 57.8 Å². The van der Waals surface area contributed by atoms with Gasteiger partial charge in [-0.3, -0.25) is 4.90 Å². The molecule has 3 fully saturated rings. The highest BCUT2D eigenvalue weighted by Crippen LogP contribution is 2.22. The summed E-state index contributed by atoms with van der Waals surface area (Å²) in [6.07, 6.45) is 7.08. The van der Waals surface area contributed by atoms with E-state index in [1.165, 1.54) is 71.4 Å². The third-order valence-electron chi connectivity index (χ3n) is 5.30. The van der Waals surface area contributed by atoms with E-state index in [-0.39, 0.29) is 0 Å². The third-order valence-corrected chi connectivity index (χ3v) is 5.30. The molecular weight excluding hydrogens is 222 g/mol. The van der Waals surface area contributed by atoms with Gasteiger partial charge in [-0.2, -0.15) is 0 Å². The molecule has 1 N–H and O–H groups in total. The molecule has 18 heavy (non-hydrogen) atoms. The molecule has 0 spiro atoms. The Bertz CT molecular complexity index is 262. The van der Waals surface area contributed by atoms with Gasteiger partial charge < -0.3 is 10.2 Å². The first-order valence-electron chi connectivity index (χ1n) is 8.03. The molecule has 3 aliphatic heterocycles. The van der Waals surface area contributed by atoms with Crippen LogP contribution < -0.4 is 5.32 Å². The van der Waals surface area contributed by atoms with Crippen molar-refractivity contribution in [1.29, 1.82) is 0 Å². The lowest BCUT2D eigenvalue weighted by atomic mass is 10.0. The summed E-state index contributed by atoms with van der Waals surface area (Å²) in [5.74, 6) is 0.874. The van der Waals surface area contributed by atoms with Crippen LogP contribution in [0.1, 0.15) is 39.0 Å². The Hall–Kier alpha value is -0.120. The fourth-order valence-corrected chi connectivity index (χ4v) is 3.98. The van der Waals surface area contributed by atoms with E-state index in [9.17, 15) is 0 Å². The van der Waals surface area contributed by atoms with E-state index >= 15 is 0 Å². The monoisotopic (exact) mass is 251 g/mol. The second-order valence-corrected chi connectivity index (χ2v) is 6.63. The number of hydrogen-bond donors (Lipinski definition) is 1. The number of nitrogens with zero attached hydrogens (tertiary/aromatic N) is 2. The van der Waals surface area contributed by atoms with Gasteiger partial charge in [-0.1, -0.05) is 13.3 Å². The molecule has 3 nitrogen and oxygen atoms in total. The minimum atomic E-state index is 0.755. The van der Waals surface area contributed by atoms with E-state index in [0.717, 1.165) is 18.0 Å². The highest BCUT2D eigenvalue weighted by Gasteiger charge is 2.31. The first kappa shape index (κ1) is 12.9. The number of hydrogen-bond acceptors (Lipinski definition) is 3. The smallest absolute Gasteiger partial charge is 0.0235 e. The Morgan fingerprint density at radius 3 is 2.61 bits per heavy atom. The summed E-state index contributed by atoms with van der Waals surface area (Å²) in [4.78, 5) is 5.47. The van der Waals surface area contributed by atoms with E-state index in [0.29, 0.717) is 0 Å². The second-order valence-electron chi connectivity index (χ2n) is 6.63. The highest BCUT2D eigenvalue weighted by atomic mass is 15.3. The minimum absolute atomic E-state index is 0.755. The normalized spacial score (nSPS) is 39.5. The Morgan fingerprint density at radius 2 is 1.89 bits per heavy atom. The van der Waals surface area contributed by atoms with Crippen LogP contribution in [-0.4, -0.2) is 61.2 Å². The summed E-state index contributed by atoms with van der Waals surface area (Å²) in [5, 5.41) is 3.67. The van der Waals surface area contributed by atoms with Crippen molar-refractivity contribution in [1.82, 2.24) is 15.1 Å². The maximum absolute atomic E-state index is 3.67. The SMILES string of the molecule is CC1CCNC1CN1CCC(N2CCCCC2)C1. The number of likely N-dealkylation sites (tertiary alicyclic amines) is 2. The van der Waals surface area contributed by atoms with Crippen molar-refractivity contribution in [3.63, 3.8) is 0 Å². The lowest BCUT2D eigenvalue weighted by Gasteiger charge is -2.32. The molecule has 0 amide bonds. The van der Waals surface area contributed by atoms with Crippen molar-refractivity contribution in [2.45, 2.75) is 51.1 Å². The average Bonchev–Trinajstić information content (AvgIpc) is 3.02. The van der Waals surface area contributed by atoms with Crippen LogP contribution in [0, 0.1) is 5.92 Å². The van der Waals surface area contributed by atoms with Crippen LogP contribution in [0.25, 0.3) is 0 Å². The van der Waals surface area contributed by atoms with E-state index in [4.69, 9.17) is 0 Å². The predicted octanol–water partition coefficient (Wildman–Crippen LogP) is 1.54. The first-order chi connectivity index (χ1) is 8.83. The summed E-state index contributed by atoms with van der Waals surface area (Å²) in [5.41, 5.74) is 0. The van der Waals surface area contributed by atoms with Crippen LogP contribution in [0.2, 0.25) is 0 Å². The van der Waals surface area contributed by atoms with Gasteiger partial charge in [-0.15, -0.1) is 0 Å². The quantitative estimate of drug-likeness (QED) is 0.821. The molecule has 0 aliphatic carbocycles. The van der Waals surface area contributed by atoms with E-state index < -0.39 is 0 Å². The summed E-state index contributed by atoms with van der Waals surface area (Å²) in [6.45, 7) is 10.3. The number of rotatable bonds is 3. The molecule has 3 heteroatoms. The fourth-order valence-electron chi connectivity index (χ4n) is 3.98. The van der Waals surface area contributed by atoms with Crippen LogP contribution in [0.15, 0.2) is 0 Å². The van der Waals surface area contributed by atoms with E-state index in [2.05, 4.69) is 22.0 Å². The Morgan fingerprint density at radius 1 is 1.06 bits per heavy atom. The van der Waals surface area contributed by atoms with E-state index in [1.54, 1.807) is 0 Å². The lowest BCUT2D eigenvalue weighted by molar-refractivity contribution is 0.159.